The van der Waals surface area contributed by atoms with Crippen molar-refractivity contribution in [1.29, 1.82) is 0 Å². The van der Waals surface area contributed by atoms with Crippen molar-refractivity contribution < 1.29 is 0 Å². The molecular weight excluding hydrogens is 430 g/mol. The van der Waals surface area contributed by atoms with Crippen molar-refractivity contribution in [2.45, 2.75) is 67.1 Å². The summed E-state index contributed by atoms with van der Waals surface area (Å²) in [6, 6.07) is 17.9. The third-order valence-corrected chi connectivity index (χ3v) is 7.46. The van der Waals surface area contributed by atoms with Gasteiger partial charge in [-0.15, -0.1) is 0 Å². The molecule has 0 bridgehead atoms. The number of aryl methyl sites for hydroxylation is 3. The van der Waals surface area contributed by atoms with E-state index in [0.717, 1.165) is 57.9 Å². The molecule has 5 heteroatoms. The molecule has 0 atom stereocenters. The summed E-state index contributed by atoms with van der Waals surface area (Å²) in [7, 11) is 0. The fourth-order valence-corrected chi connectivity index (χ4v) is 5.15. The first-order valence-corrected chi connectivity index (χ1v) is 13.3. The van der Waals surface area contributed by atoms with Crippen LogP contribution in [-0.2, 0) is 19.5 Å². The minimum Gasteiger partial charge on any atom is -0.354 e. The van der Waals surface area contributed by atoms with E-state index in [4.69, 9.17) is 5.10 Å². The van der Waals surface area contributed by atoms with Crippen LogP contribution < -0.4 is 4.90 Å². The van der Waals surface area contributed by atoms with Gasteiger partial charge in [0, 0.05) is 50.9 Å². The third-order valence-electron chi connectivity index (χ3n) is 7.46. The molecule has 35 heavy (non-hydrogen) atoms. The van der Waals surface area contributed by atoms with Crippen LogP contribution >= 0.6 is 0 Å². The molecule has 0 saturated carbocycles. The molecule has 1 aliphatic rings. The Hall–Kier alpha value is -2.63. The van der Waals surface area contributed by atoms with Crippen molar-refractivity contribution in [3.8, 4) is 5.69 Å². The maximum Gasteiger partial charge on any atom is 0.137 e. The Balaban J connectivity index is 1.73. The standard InChI is InChI=1S/C30H43N5/c1-7-29-28(22-34(23(3)4)21-26-15-14-24(5)20-25(26)6)30(33-18-16-32(8-2)17-19-33)35(31-29)27-12-10-9-11-13-27/h9-15,20,23H,7-8,16-19,21-22H2,1-6H3. The zero-order valence-corrected chi connectivity index (χ0v) is 22.6. The summed E-state index contributed by atoms with van der Waals surface area (Å²) in [6.45, 7) is 20.8. The fraction of sp³-hybridized carbons (Fsp3) is 0.500. The summed E-state index contributed by atoms with van der Waals surface area (Å²) in [5.41, 5.74) is 7.87. The minimum atomic E-state index is 0.435. The van der Waals surface area contributed by atoms with E-state index in [-0.39, 0.29) is 0 Å². The maximum absolute atomic E-state index is 5.20. The van der Waals surface area contributed by atoms with Gasteiger partial charge < -0.3 is 9.80 Å². The lowest BCUT2D eigenvalue weighted by Gasteiger charge is -2.37. The molecule has 1 aromatic heterocycles. The van der Waals surface area contributed by atoms with Gasteiger partial charge in [-0.1, -0.05) is 55.8 Å². The highest BCUT2D eigenvalue weighted by atomic mass is 15.4. The van der Waals surface area contributed by atoms with Gasteiger partial charge >= 0.3 is 0 Å². The topological polar surface area (TPSA) is 27.5 Å². The van der Waals surface area contributed by atoms with Crippen molar-refractivity contribution in [1.82, 2.24) is 19.6 Å². The highest BCUT2D eigenvalue weighted by Gasteiger charge is 2.27. The quantitative estimate of drug-likeness (QED) is 0.404. The van der Waals surface area contributed by atoms with Crippen LogP contribution in [0.2, 0.25) is 0 Å². The smallest absolute Gasteiger partial charge is 0.137 e. The predicted molar refractivity (Wildman–Crippen MR) is 148 cm³/mol. The summed E-state index contributed by atoms with van der Waals surface area (Å²) in [6.07, 6.45) is 0.937. The van der Waals surface area contributed by atoms with E-state index < -0.39 is 0 Å². The van der Waals surface area contributed by atoms with E-state index >= 15 is 0 Å². The zero-order chi connectivity index (χ0) is 24.9. The molecule has 1 aliphatic heterocycles. The molecule has 3 aromatic rings. The predicted octanol–water partition coefficient (Wildman–Crippen LogP) is 5.60. The van der Waals surface area contributed by atoms with Gasteiger partial charge in [-0.2, -0.15) is 5.10 Å². The van der Waals surface area contributed by atoms with Crippen molar-refractivity contribution >= 4 is 5.82 Å². The van der Waals surface area contributed by atoms with Crippen LogP contribution in [-0.4, -0.2) is 58.3 Å². The number of hydrogen-bond donors (Lipinski definition) is 0. The van der Waals surface area contributed by atoms with E-state index in [1.165, 1.54) is 33.8 Å². The van der Waals surface area contributed by atoms with Gasteiger partial charge in [-0.3, -0.25) is 4.90 Å². The van der Waals surface area contributed by atoms with Crippen LogP contribution in [0.1, 0.15) is 55.6 Å². The summed E-state index contributed by atoms with van der Waals surface area (Å²) in [5, 5.41) is 5.20. The Bertz CT molecular complexity index is 1090. The molecule has 0 spiro atoms. The Morgan fingerprint density at radius 3 is 2.23 bits per heavy atom. The van der Waals surface area contributed by atoms with Crippen LogP contribution in [0.4, 0.5) is 5.82 Å². The molecule has 0 radical (unpaired) electrons. The lowest BCUT2D eigenvalue weighted by Crippen LogP contribution is -2.47. The number of piperazine rings is 1. The number of para-hydroxylation sites is 1. The van der Waals surface area contributed by atoms with Gasteiger partial charge in [-0.05, 0) is 63.9 Å². The van der Waals surface area contributed by atoms with Crippen molar-refractivity contribution in [2.24, 2.45) is 0 Å². The number of rotatable bonds is 9. The second-order valence-electron chi connectivity index (χ2n) is 10.2. The number of aromatic nitrogens is 2. The van der Waals surface area contributed by atoms with Crippen LogP contribution in [0.3, 0.4) is 0 Å². The van der Waals surface area contributed by atoms with Crippen LogP contribution in [0.25, 0.3) is 5.69 Å². The maximum atomic E-state index is 5.20. The first kappa shape index (κ1) is 25.5. The molecule has 2 heterocycles. The second-order valence-corrected chi connectivity index (χ2v) is 10.2. The zero-order valence-electron chi connectivity index (χ0n) is 22.6. The van der Waals surface area contributed by atoms with Crippen LogP contribution in [0.15, 0.2) is 48.5 Å². The highest BCUT2D eigenvalue weighted by molar-refractivity contribution is 5.56. The van der Waals surface area contributed by atoms with Gasteiger partial charge in [-0.25, -0.2) is 4.68 Å². The van der Waals surface area contributed by atoms with E-state index in [2.05, 4.69) is 109 Å². The lowest BCUT2D eigenvalue weighted by atomic mass is 10.0. The summed E-state index contributed by atoms with van der Waals surface area (Å²) >= 11 is 0. The Kier molecular flexibility index (Phi) is 8.30. The second kappa shape index (κ2) is 11.4. The summed E-state index contributed by atoms with van der Waals surface area (Å²) in [4.78, 5) is 7.73. The van der Waals surface area contributed by atoms with Gasteiger partial charge in [0.2, 0.25) is 0 Å². The van der Waals surface area contributed by atoms with Gasteiger partial charge in [0.05, 0.1) is 11.4 Å². The van der Waals surface area contributed by atoms with E-state index in [1.807, 2.05) is 0 Å². The number of nitrogens with zero attached hydrogens (tertiary/aromatic N) is 5. The number of anilines is 1. The van der Waals surface area contributed by atoms with Crippen molar-refractivity contribution in [2.75, 3.05) is 37.6 Å². The van der Waals surface area contributed by atoms with E-state index in [0.29, 0.717) is 6.04 Å². The Morgan fingerprint density at radius 1 is 0.914 bits per heavy atom. The first-order chi connectivity index (χ1) is 16.9. The average molecular weight is 474 g/mol. The summed E-state index contributed by atoms with van der Waals surface area (Å²) < 4.78 is 2.21. The molecule has 188 valence electrons. The first-order valence-electron chi connectivity index (χ1n) is 13.3. The number of likely N-dealkylation sites (N-methyl/N-ethyl adjacent to an activating group) is 1. The molecular formula is C30H43N5. The highest BCUT2D eigenvalue weighted by Crippen LogP contribution is 2.31. The summed E-state index contributed by atoms with van der Waals surface area (Å²) in [5.74, 6) is 1.29. The van der Waals surface area contributed by atoms with Gasteiger partial charge in [0.25, 0.3) is 0 Å². The molecule has 0 amide bonds. The minimum absolute atomic E-state index is 0.435. The largest absolute Gasteiger partial charge is 0.354 e. The molecule has 0 aliphatic carbocycles. The van der Waals surface area contributed by atoms with Crippen LogP contribution in [0, 0.1) is 13.8 Å². The van der Waals surface area contributed by atoms with E-state index in [1.54, 1.807) is 0 Å². The Morgan fingerprint density at radius 2 is 1.63 bits per heavy atom. The molecule has 5 nitrogen and oxygen atoms in total. The molecule has 0 N–H and O–H groups in total. The van der Waals surface area contributed by atoms with Crippen molar-refractivity contribution in [3.05, 3.63) is 76.5 Å². The molecule has 1 saturated heterocycles. The normalized spacial score (nSPS) is 14.9. The molecule has 2 aromatic carbocycles. The van der Waals surface area contributed by atoms with Crippen molar-refractivity contribution in [3.63, 3.8) is 0 Å². The SMILES string of the molecule is CCc1nn(-c2ccccc2)c(N2CCN(CC)CC2)c1CN(Cc1ccc(C)cc1C)C(C)C. The average Bonchev–Trinajstić information content (AvgIpc) is 3.23. The molecule has 4 rings (SSSR count). The molecule has 0 unspecified atom stereocenters. The number of benzene rings is 2. The lowest BCUT2D eigenvalue weighted by molar-refractivity contribution is 0.202. The molecule has 1 fully saturated rings. The number of hydrogen-bond acceptors (Lipinski definition) is 4. The third kappa shape index (κ3) is 5.79. The monoisotopic (exact) mass is 473 g/mol. The van der Waals surface area contributed by atoms with Gasteiger partial charge in [0.1, 0.15) is 5.82 Å². The van der Waals surface area contributed by atoms with E-state index in [9.17, 15) is 0 Å². The van der Waals surface area contributed by atoms with Crippen LogP contribution in [0.5, 0.6) is 0 Å². The fourth-order valence-electron chi connectivity index (χ4n) is 5.15. The van der Waals surface area contributed by atoms with Gasteiger partial charge in [0.15, 0.2) is 0 Å². The Labute approximate surface area is 212 Å².